The van der Waals surface area contributed by atoms with E-state index >= 15 is 0 Å². The quantitative estimate of drug-likeness (QED) is 0.448. The highest BCUT2D eigenvalue weighted by Gasteiger charge is 2.20. The Morgan fingerprint density at radius 1 is 0.939 bits per heavy atom. The van der Waals surface area contributed by atoms with Crippen LogP contribution in [0.2, 0.25) is 0 Å². The topological polar surface area (TPSA) is 50.4 Å². The van der Waals surface area contributed by atoms with Gasteiger partial charge in [-0.1, -0.05) is 30.3 Å². The minimum Gasteiger partial charge on any atom is -0.489 e. The molecule has 0 spiro atoms. The lowest BCUT2D eigenvalue weighted by Gasteiger charge is -2.21. The third-order valence-corrected chi connectivity index (χ3v) is 5.49. The molecule has 0 atom stereocenters. The first-order valence-electron chi connectivity index (χ1n) is 10.5. The highest BCUT2D eigenvalue weighted by molar-refractivity contribution is 5.92. The van der Waals surface area contributed by atoms with E-state index in [-0.39, 0.29) is 36.4 Å². The van der Waals surface area contributed by atoms with Crippen molar-refractivity contribution < 1.29 is 22.7 Å². The molecule has 1 aliphatic rings. The number of anilines is 1. The summed E-state index contributed by atoms with van der Waals surface area (Å²) in [5.74, 6) is -3.28. The van der Waals surface area contributed by atoms with Crippen molar-refractivity contribution in [2.45, 2.75) is 19.4 Å². The Morgan fingerprint density at radius 2 is 1.61 bits per heavy atom. The van der Waals surface area contributed by atoms with Crippen molar-refractivity contribution in [3.8, 4) is 16.9 Å². The van der Waals surface area contributed by atoms with Crippen molar-refractivity contribution in [3.05, 3.63) is 83.7 Å². The van der Waals surface area contributed by atoms with Crippen LogP contribution in [-0.4, -0.2) is 19.0 Å². The van der Waals surface area contributed by atoms with E-state index in [1.807, 2.05) is 12.1 Å². The second-order valence-electron chi connectivity index (χ2n) is 7.78. The zero-order chi connectivity index (χ0) is 22.5. The van der Waals surface area contributed by atoms with Crippen LogP contribution in [0.25, 0.3) is 11.1 Å². The standard InChI is InChI=1S/C25H23F3N2O2.ClH/c26-22-12-19(13-23(27)24(22)28)17-6-4-16(5-7-17)15-32-21-3-1-2-20(14-21)30-25(31)18-8-10-29-11-9-18;/h1-7,12-14,18,29H,8-11,15H2,(H,30,31);1H. The van der Waals surface area contributed by atoms with Crippen molar-refractivity contribution in [1.82, 2.24) is 5.32 Å². The van der Waals surface area contributed by atoms with Gasteiger partial charge in [-0.3, -0.25) is 4.79 Å². The van der Waals surface area contributed by atoms with E-state index in [9.17, 15) is 18.0 Å². The summed E-state index contributed by atoms with van der Waals surface area (Å²) >= 11 is 0. The average molecular weight is 477 g/mol. The molecule has 0 unspecified atom stereocenters. The largest absolute Gasteiger partial charge is 0.489 e. The van der Waals surface area contributed by atoms with Crippen molar-refractivity contribution in [1.29, 1.82) is 0 Å². The third-order valence-electron chi connectivity index (χ3n) is 5.49. The maximum Gasteiger partial charge on any atom is 0.227 e. The molecule has 1 aliphatic heterocycles. The number of rotatable bonds is 6. The maximum absolute atomic E-state index is 13.5. The van der Waals surface area contributed by atoms with Crippen LogP contribution in [0.5, 0.6) is 5.75 Å². The summed E-state index contributed by atoms with van der Waals surface area (Å²) in [6.45, 7) is 1.98. The van der Waals surface area contributed by atoms with Gasteiger partial charge in [-0.25, -0.2) is 13.2 Å². The molecule has 0 aromatic heterocycles. The van der Waals surface area contributed by atoms with Crippen LogP contribution in [0.4, 0.5) is 18.9 Å². The Hall–Kier alpha value is -3.03. The molecule has 2 N–H and O–H groups in total. The van der Waals surface area contributed by atoms with Gasteiger partial charge in [0.2, 0.25) is 5.91 Å². The van der Waals surface area contributed by atoms with Gasteiger partial charge in [0.25, 0.3) is 0 Å². The number of ether oxygens (including phenoxy) is 1. The lowest BCUT2D eigenvalue weighted by atomic mass is 9.97. The molecule has 0 radical (unpaired) electrons. The zero-order valence-electron chi connectivity index (χ0n) is 17.7. The fraction of sp³-hybridized carbons (Fsp3) is 0.240. The second kappa shape index (κ2) is 11.2. The molecular weight excluding hydrogens is 453 g/mol. The summed E-state index contributed by atoms with van der Waals surface area (Å²) in [5.41, 5.74) is 2.35. The summed E-state index contributed by atoms with van der Waals surface area (Å²) in [4.78, 5) is 12.4. The van der Waals surface area contributed by atoms with Gasteiger partial charge in [0.05, 0.1) is 0 Å². The SMILES string of the molecule is Cl.O=C(Nc1cccc(OCc2ccc(-c3cc(F)c(F)c(F)c3)cc2)c1)C1CCNCC1. The van der Waals surface area contributed by atoms with Gasteiger partial charge in [0.15, 0.2) is 17.5 Å². The third kappa shape index (κ3) is 6.27. The fourth-order valence-electron chi connectivity index (χ4n) is 3.67. The van der Waals surface area contributed by atoms with Gasteiger partial charge < -0.3 is 15.4 Å². The summed E-state index contributed by atoms with van der Waals surface area (Å²) in [6, 6.07) is 16.1. The van der Waals surface area contributed by atoms with Gasteiger partial charge in [-0.15, -0.1) is 12.4 Å². The number of piperidine rings is 1. The normalized spacial score (nSPS) is 13.8. The molecule has 3 aromatic carbocycles. The molecule has 0 saturated carbocycles. The first-order valence-corrected chi connectivity index (χ1v) is 10.5. The van der Waals surface area contributed by atoms with Crippen molar-refractivity contribution in [3.63, 3.8) is 0 Å². The van der Waals surface area contributed by atoms with Gasteiger partial charge >= 0.3 is 0 Å². The predicted octanol–water partition coefficient (Wildman–Crippen LogP) is 5.71. The summed E-state index contributed by atoms with van der Waals surface area (Å²) < 4.78 is 45.9. The molecule has 4 nitrogen and oxygen atoms in total. The smallest absolute Gasteiger partial charge is 0.227 e. The molecule has 33 heavy (non-hydrogen) atoms. The molecule has 174 valence electrons. The highest BCUT2D eigenvalue weighted by Crippen LogP contribution is 2.25. The van der Waals surface area contributed by atoms with Crippen LogP contribution in [0.15, 0.2) is 60.7 Å². The van der Waals surface area contributed by atoms with Crippen LogP contribution in [0, 0.1) is 23.4 Å². The van der Waals surface area contributed by atoms with E-state index < -0.39 is 17.5 Å². The molecule has 1 fully saturated rings. The molecule has 3 aromatic rings. The number of amides is 1. The van der Waals surface area contributed by atoms with E-state index in [1.54, 1.807) is 36.4 Å². The van der Waals surface area contributed by atoms with E-state index in [4.69, 9.17) is 4.74 Å². The molecular formula is C25H24ClF3N2O2. The van der Waals surface area contributed by atoms with Crippen LogP contribution in [-0.2, 0) is 11.4 Å². The zero-order valence-corrected chi connectivity index (χ0v) is 18.6. The first-order chi connectivity index (χ1) is 15.5. The molecule has 1 heterocycles. The van der Waals surface area contributed by atoms with Crippen LogP contribution in [0.1, 0.15) is 18.4 Å². The summed E-state index contributed by atoms with van der Waals surface area (Å²) in [6.07, 6.45) is 1.66. The average Bonchev–Trinajstić information content (AvgIpc) is 2.82. The lowest BCUT2D eigenvalue weighted by Crippen LogP contribution is -2.34. The first kappa shape index (κ1) is 24.6. The van der Waals surface area contributed by atoms with Gasteiger partial charge in [0.1, 0.15) is 12.4 Å². The molecule has 0 aliphatic carbocycles. The Labute approximate surface area is 196 Å². The van der Waals surface area contributed by atoms with Crippen molar-refractivity contribution >= 4 is 24.0 Å². The molecule has 8 heteroatoms. The van der Waals surface area contributed by atoms with E-state index in [0.29, 0.717) is 17.0 Å². The van der Waals surface area contributed by atoms with Crippen molar-refractivity contribution in [2.75, 3.05) is 18.4 Å². The monoisotopic (exact) mass is 476 g/mol. The Kier molecular flexibility index (Phi) is 8.36. The van der Waals surface area contributed by atoms with Gasteiger partial charge in [-0.2, -0.15) is 0 Å². The van der Waals surface area contributed by atoms with Crippen LogP contribution in [0.3, 0.4) is 0 Å². The number of benzene rings is 3. The minimum atomic E-state index is -1.48. The number of hydrogen-bond acceptors (Lipinski definition) is 3. The van der Waals surface area contributed by atoms with Crippen LogP contribution >= 0.6 is 12.4 Å². The fourth-order valence-corrected chi connectivity index (χ4v) is 3.67. The van der Waals surface area contributed by atoms with Crippen molar-refractivity contribution in [2.24, 2.45) is 5.92 Å². The van der Waals surface area contributed by atoms with E-state index in [1.165, 1.54) is 0 Å². The molecule has 1 saturated heterocycles. The second-order valence-corrected chi connectivity index (χ2v) is 7.78. The number of nitrogens with one attached hydrogen (secondary N) is 2. The molecule has 4 rings (SSSR count). The maximum atomic E-state index is 13.5. The Balaban J connectivity index is 0.00000306. The highest BCUT2D eigenvalue weighted by atomic mass is 35.5. The van der Waals surface area contributed by atoms with Crippen LogP contribution < -0.4 is 15.4 Å². The summed E-state index contributed by atoms with van der Waals surface area (Å²) in [7, 11) is 0. The predicted molar refractivity (Wildman–Crippen MR) is 124 cm³/mol. The minimum absolute atomic E-state index is 0. The number of halogens is 4. The molecule has 1 amide bonds. The Bertz CT molecular complexity index is 1080. The lowest BCUT2D eigenvalue weighted by molar-refractivity contribution is -0.120. The molecule has 0 bridgehead atoms. The van der Waals surface area contributed by atoms with E-state index in [2.05, 4.69) is 10.6 Å². The number of carbonyl (C=O) groups is 1. The Morgan fingerprint density at radius 3 is 2.27 bits per heavy atom. The number of carbonyl (C=O) groups excluding carboxylic acids is 1. The summed E-state index contributed by atoms with van der Waals surface area (Å²) in [5, 5.41) is 6.20. The number of hydrogen-bond donors (Lipinski definition) is 2. The van der Waals surface area contributed by atoms with Gasteiger partial charge in [0, 0.05) is 17.7 Å². The van der Waals surface area contributed by atoms with E-state index in [0.717, 1.165) is 43.6 Å². The van der Waals surface area contributed by atoms with Gasteiger partial charge in [-0.05, 0) is 66.9 Å².